The summed E-state index contributed by atoms with van der Waals surface area (Å²) in [7, 11) is 2.11. The summed E-state index contributed by atoms with van der Waals surface area (Å²) >= 11 is 0. The highest BCUT2D eigenvalue weighted by molar-refractivity contribution is 5.07. The average Bonchev–Trinajstić information content (AvgIpc) is 2.67. The highest BCUT2D eigenvalue weighted by Gasteiger charge is 2.23. The molecular weight excluding hydrogens is 200 g/mol. The Balaban J connectivity index is 2.64. The standard InChI is InChI=1S/C13H24N2O/c1-10(2)7-8-15(4)13(11(3)14)12-6-5-9-16-12/h5-6,9-11,13H,7-8,14H2,1-4H3. The van der Waals surface area contributed by atoms with Crippen LogP contribution in [0.1, 0.15) is 39.0 Å². The predicted molar refractivity (Wildman–Crippen MR) is 67.2 cm³/mol. The molecule has 0 aliphatic rings. The number of rotatable bonds is 6. The summed E-state index contributed by atoms with van der Waals surface area (Å²) in [6, 6.07) is 4.16. The summed E-state index contributed by atoms with van der Waals surface area (Å²) in [5, 5.41) is 0. The van der Waals surface area contributed by atoms with Crippen LogP contribution >= 0.6 is 0 Å². The molecule has 1 rings (SSSR count). The summed E-state index contributed by atoms with van der Waals surface area (Å²) in [4.78, 5) is 2.28. The van der Waals surface area contributed by atoms with Crippen LogP contribution in [0.2, 0.25) is 0 Å². The van der Waals surface area contributed by atoms with Crippen molar-refractivity contribution in [1.82, 2.24) is 4.90 Å². The van der Waals surface area contributed by atoms with Gasteiger partial charge in [-0.15, -0.1) is 0 Å². The summed E-state index contributed by atoms with van der Waals surface area (Å²) in [5.74, 6) is 1.68. The van der Waals surface area contributed by atoms with E-state index in [0.29, 0.717) is 5.92 Å². The maximum Gasteiger partial charge on any atom is 0.122 e. The van der Waals surface area contributed by atoms with E-state index in [1.54, 1.807) is 6.26 Å². The zero-order chi connectivity index (χ0) is 12.1. The number of nitrogens with zero attached hydrogens (tertiary/aromatic N) is 1. The molecular formula is C13H24N2O. The number of furan rings is 1. The molecule has 0 fully saturated rings. The van der Waals surface area contributed by atoms with Gasteiger partial charge in [0.15, 0.2) is 0 Å². The normalized spacial score (nSPS) is 15.7. The van der Waals surface area contributed by atoms with E-state index >= 15 is 0 Å². The maximum absolute atomic E-state index is 6.03. The minimum atomic E-state index is 0.0725. The molecule has 0 spiro atoms. The van der Waals surface area contributed by atoms with Gasteiger partial charge in [-0.05, 0) is 45.0 Å². The minimum Gasteiger partial charge on any atom is -0.468 e. The SMILES string of the molecule is CC(C)CCN(C)C(c1ccco1)C(C)N. The van der Waals surface area contributed by atoms with Gasteiger partial charge in [-0.1, -0.05) is 13.8 Å². The van der Waals surface area contributed by atoms with E-state index in [4.69, 9.17) is 10.2 Å². The van der Waals surface area contributed by atoms with Gasteiger partial charge in [0, 0.05) is 6.04 Å². The molecule has 2 N–H and O–H groups in total. The van der Waals surface area contributed by atoms with Gasteiger partial charge in [0.1, 0.15) is 5.76 Å². The zero-order valence-electron chi connectivity index (χ0n) is 10.8. The fourth-order valence-electron chi connectivity index (χ4n) is 1.94. The fourth-order valence-corrected chi connectivity index (χ4v) is 1.94. The Bertz CT molecular complexity index is 280. The molecule has 0 saturated heterocycles. The molecule has 0 aliphatic carbocycles. The van der Waals surface area contributed by atoms with Crippen molar-refractivity contribution in [3.63, 3.8) is 0 Å². The van der Waals surface area contributed by atoms with Gasteiger partial charge >= 0.3 is 0 Å². The van der Waals surface area contributed by atoms with Crippen molar-refractivity contribution in [2.45, 2.75) is 39.3 Å². The summed E-state index contributed by atoms with van der Waals surface area (Å²) in [5.41, 5.74) is 6.03. The first-order chi connectivity index (χ1) is 7.52. The largest absolute Gasteiger partial charge is 0.468 e. The van der Waals surface area contributed by atoms with Crippen molar-refractivity contribution in [1.29, 1.82) is 0 Å². The van der Waals surface area contributed by atoms with E-state index < -0.39 is 0 Å². The van der Waals surface area contributed by atoms with Crippen molar-refractivity contribution in [3.8, 4) is 0 Å². The van der Waals surface area contributed by atoms with Gasteiger partial charge in [0.2, 0.25) is 0 Å². The molecule has 2 unspecified atom stereocenters. The molecule has 0 saturated carbocycles. The van der Waals surface area contributed by atoms with Crippen LogP contribution in [0.3, 0.4) is 0 Å². The molecule has 1 aromatic rings. The van der Waals surface area contributed by atoms with Crippen molar-refractivity contribution >= 4 is 0 Å². The van der Waals surface area contributed by atoms with Crippen molar-refractivity contribution in [2.75, 3.05) is 13.6 Å². The van der Waals surface area contributed by atoms with Crippen LogP contribution in [0.15, 0.2) is 22.8 Å². The van der Waals surface area contributed by atoms with Gasteiger partial charge in [0.25, 0.3) is 0 Å². The molecule has 0 bridgehead atoms. The molecule has 3 heteroatoms. The maximum atomic E-state index is 6.03. The highest BCUT2D eigenvalue weighted by atomic mass is 16.3. The molecule has 1 heterocycles. The Morgan fingerprint density at radius 1 is 1.38 bits per heavy atom. The van der Waals surface area contributed by atoms with Crippen LogP contribution in [-0.4, -0.2) is 24.5 Å². The predicted octanol–water partition coefficient (Wildman–Crippen LogP) is 2.65. The minimum absolute atomic E-state index is 0.0725. The number of hydrogen-bond acceptors (Lipinski definition) is 3. The van der Waals surface area contributed by atoms with Crippen LogP contribution in [0.5, 0.6) is 0 Å². The van der Waals surface area contributed by atoms with E-state index in [9.17, 15) is 0 Å². The first-order valence-corrected chi connectivity index (χ1v) is 6.01. The molecule has 1 aromatic heterocycles. The van der Waals surface area contributed by atoms with Gasteiger partial charge in [-0.3, -0.25) is 4.90 Å². The van der Waals surface area contributed by atoms with E-state index in [0.717, 1.165) is 12.3 Å². The van der Waals surface area contributed by atoms with Crippen LogP contribution in [0, 0.1) is 5.92 Å². The molecule has 2 atom stereocenters. The van der Waals surface area contributed by atoms with Gasteiger partial charge in [-0.2, -0.15) is 0 Å². The summed E-state index contributed by atoms with van der Waals surface area (Å²) in [6.07, 6.45) is 2.89. The zero-order valence-corrected chi connectivity index (χ0v) is 10.8. The van der Waals surface area contributed by atoms with Crippen molar-refractivity contribution in [2.24, 2.45) is 11.7 Å². The molecule has 92 valence electrons. The summed E-state index contributed by atoms with van der Waals surface area (Å²) in [6.45, 7) is 7.55. The monoisotopic (exact) mass is 224 g/mol. The molecule has 0 aromatic carbocycles. The van der Waals surface area contributed by atoms with Crippen LogP contribution in [-0.2, 0) is 0 Å². The number of likely N-dealkylation sites (N-methyl/N-ethyl adjacent to an activating group) is 1. The third kappa shape index (κ3) is 3.65. The second-order valence-corrected chi connectivity index (χ2v) is 4.98. The molecule has 0 aliphatic heterocycles. The Morgan fingerprint density at radius 3 is 2.50 bits per heavy atom. The molecule has 0 amide bonds. The van der Waals surface area contributed by atoms with E-state index in [2.05, 4.69) is 25.8 Å². The second kappa shape index (κ2) is 6.06. The lowest BCUT2D eigenvalue weighted by atomic mass is 10.0. The first-order valence-electron chi connectivity index (χ1n) is 6.01. The Hall–Kier alpha value is -0.800. The molecule has 16 heavy (non-hydrogen) atoms. The van der Waals surface area contributed by atoms with Crippen molar-refractivity contribution in [3.05, 3.63) is 24.2 Å². The average molecular weight is 224 g/mol. The van der Waals surface area contributed by atoms with Crippen molar-refractivity contribution < 1.29 is 4.42 Å². The fraction of sp³-hybridized carbons (Fsp3) is 0.692. The van der Waals surface area contributed by atoms with Gasteiger partial charge in [0.05, 0.1) is 12.3 Å². The lowest BCUT2D eigenvalue weighted by Crippen LogP contribution is -2.37. The van der Waals surface area contributed by atoms with Crippen LogP contribution < -0.4 is 5.73 Å². The summed E-state index contributed by atoms with van der Waals surface area (Å²) < 4.78 is 5.46. The molecule has 3 nitrogen and oxygen atoms in total. The Morgan fingerprint density at radius 2 is 2.06 bits per heavy atom. The van der Waals surface area contributed by atoms with E-state index in [1.807, 2.05) is 19.1 Å². The smallest absolute Gasteiger partial charge is 0.122 e. The lowest BCUT2D eigenvalue weighted by molar-refractivity contribution is 0.183. The van der Waals surface area contributed by atoms with E-state index in [1.165, 1.54) is 6.42 Å². The number of hydrogen-bond donors (Lipinski definition) is 1. The Kier molecular flexibility index (Phi) is 5.03. The second-order valence-electron chi connectivity index (χ2n) is 4.98. The quantitative estimate of drug-likeness (QED) is 0.807. The van der Waals surface area contributed by atoms with Crippen LogP contribution in [0.4, 0.5) is 0 Å². The van der Waals surface area contributed by atoms with Crippen LogP contribution in [0.25, 0.3) is 0 Å². The number of nitrogens with two attached hydrogens (primary N) is 1. The topological polar surface area (TPSA) is 42.4 Å². The third-order valence-electron chi connectivity index (χ3n) is 2.87. The Labute approximate surface area is 98.6 Å². The van der Waals surface area contributed by atoms with Gasteiger partial charge in [-0.25, -0.2) is 0 Å². The first kappa shape index (κ1) is 13.3. The van der Waals surface area contributed by atoms with E-state index in [-0.39, 0.29) is 12.1 Å². The highest BCUT2D eigenvalue weighted by Crippen LogP contribution is 2.23. The lowest BCUT2D eigenvalue weighted by Gasteiger charge is -2.29. The molecule has 0 radical (unpaired) electrons. The van der Waals surface area contributed by atoms with Gasteiger partial charge < -0.3 is 10.2 Å². The third-order valence-corrected chi connectivity index (χ3v) is 2.87.